The number of nitrogens with zero attached hydrogens (tertiary/aromatic N) is 3. The predicted octanol–water partition coefficient (Wildman–Crippen LogP) is 3.45. The molecule has 5 amide bonds. The van der Waals surface area contributed by atoms with E-state index in [2.05, 4.69) is 5.32 Å². The highest BCUT2D eigenvalue weighted by Crippen LogP contribution is 2.27. The summed E-state index contributed by atoms with van der Waals surface area (Å²) in [7, 11) is 0. The van der Waals surface area contributed by atoms with Crippen LogP contribution >= 0.6 is 35.3 Å². The topological polar surface area (TPSA) is 152 Å². The van der Waals surface area contributed by atoms with Gasteiger partial charge in [-0.05, 0) is 55.2 Å². The zero-order valence-electron chi connectivity index (χ0n) is 24.5. The van der Waals surface area contributed by atoms with Gasteiger partial charge in [-0.2, -0.15) is 0 Å². The third-order valence-corrected chi connectivity index (χ3v) is 8.41. The molecule has 0 bridgehead atoms. The predicted molar refractivity (Wildman–Crippen MR) is 170 cm³/mol. The summed E-state index contributed by atoms with van der Waals surface area (Å²) in [5, 5.41) is 2.77. The number of imide groups is 1. The van der Waals surface area contributed by atoms with Crippen LogP contribution in [0, 0.1) is 5.92 Å². The van der Waals surface area contributed by atoms with Gasteiger partial charge in [-0.15, -0.1) is 23.7 Å². The largest absolute Gasteiger partial charge is 0.442 e. The van der Waals surface area contributed by atoms with Crippen LogP contribution in [-0.2, 0) is 23.9 Å². The van der Waals surface area contributed by atoms with Crippen LogP contribution in [0.2, 0.25) is 4.34 Å². The van der Waals surface area contributed by atoms with Gasteiger partial charge in [0.15, 0.2) is 0 Å². The Labute approximate surface area is 271 Å². The van der Waals surface area contributed by atoms with Gasteiger partial charge in [-0.25, -0.2) is 4.79 Å². The molecule has 2 aliphatic heterocycles. The van der Waals surface area contributed by atoms with E-state index in [1.807, 2.05) is 13.8 Å². The van der Waals surface area contributed by atoms with E-state index in [0.29, 0.717) is 53.1 Å². The van der Waals surface area contributed by atoms with Crippen LogP contribution in [0.15, 0.2) is 36.4 Å². The molecule has 2 atom stereocenters. The SMILES string of the molecule is CC(C)[C@H](N)C(=O)NCCCCC(=O)N(C[C@H]1CN(c2ccc(N3CCOCC3=O)cc2)C(=O)O1)C(=O)c1ccc(Cl)s1.Cl. The quantitative estimate of drug-likeness (QED) is 0.326. The highest BCUT2D eigenvalue weighted by atomic mass is 35.5. The van der Waals surface area contributed by atoms with Gasteiger partial charge in [0, 0.05) is 30.9 Å². The Kier molecular flexibility index (Phi) is 13.0. The molecule has 2 aliphatic rings. The molecule has 15 heteroatoms. The Bertz CT molecular complexity index is 1340. The number of benzene rings is 1. The maximum atomic E-state index is 13.3. The number of hydrogen-bond donors (Lipinski definition) is 2. The zero-order valence-corrected chi connectivity index (χ0v) is 26.9. The molecule has 2 aromatic rings. The lowest BCUT2D eigenvalue weighted by Gasteiger charge is -2.27. The first-order valence-electron chi connectivity index (χ1n) is 14.1. The van der Waals surface area contributed by atoms with Crippen molar-refractivity contribution in [3.05, 3.63) is 45.6 Å². The summed E-state index contributed by atoms with van der Waals surface area (Å²) in [6, 6.07) is 9.46. The monoisotopic (exact) mass is 669 g/mol. The lowest BCUT2D eigenvalue weighted by Crippen LogP contribution is -2.44. The average Bonchev–Trinajstić information content (AvgIpc) is 3.59. The molecule has 12 nitrogen and oxygen atoms in total. The van der Waals surface area contributed by atoms with Crippen LogP contribution in [0.1, 0.15) is 42.8 Å². The van der Waals surface area contributed by atoms with Crippen molar-refractivity contribution in [3.8, 4) is 0 Å². The Morgan fingerprint density at radius 1 is 1.09 bits per heavy atom. The third kappa shape index (κ3) is 8.91. The zero-order chi connectivity index (χ0) is 31.1. The van der Waals surface area contributed by atoms with Crippen molar-refractivity contribution in [1.82, 2.24) is 10.2 Å². The van der Waals surface area contributed by atoms with E-state index in [-0.39, 0.29) is 56.3 Å². The fraction of sp³-hybridized carbons (Fsp3) is 0.483. The lowest BCUT2D eigenvalue weighted by atomic mass is 10.1. The average molecular weight is 671 g/mol. The van der Waals surface area contributed by atoms with Crippen LogP contribution in [0.25, 0.3) is 0 Å². The minimum Gasteiger partial charge on any atom is -0.442 e. The molecule has 0 spiro atoms. The van der Waals surface area contributed by atoms with Crippen molar-refractivity contribution in [1.29, 1.82) is 0 Å². The van der Waals surface area contributed by atoms with Crippen molar-refractivity contribution in [2.75, 3.05) is 49.2 Å². The molecule has 3 N–H and O–H groups in total. The standard InChI is InChI=1S/C29H36ClN5O7S.ClH/c1-18(2)26(31)27(38)32-12-4-3-5-24(36)35(28(39)22-10-11-23(30)43-22)16-21-15-34(29(40)42-21)20-8-6-19(7-9-20)33-13-14-41-17-25(33)37;/h6-11,18,21,26H,3-5,12-17,31H2,1-2H3,(H,32,38);1H/t21-,26+;/m1./s1. The maximum Gasteiger partial charge on any atom is 0.414 e. The third-order valence-electron chi connectivity index (χ3n) is 7.19. The Balaban J connectivity index is 0.00000529. The number of ether oxygens (including phenoxy) is 2. The van der Waals surface area contributed by atoms with Crippen LogP contribution in [-0.4, -0.2) is 86.2 Å². The van der Waals surface area contributed by atoms with Crippen molar-refractivity contribution in [2.45, 2.75) is 45.3 Å². The molecule has 0 radical (unpaired) electrons. The second kappa shape index (κ2) is 16.2. The number of unbranched alkanes of at least 4 members (excludes halogenated alkanes) is 1. The second-order valence-corrected chi connectivity index (χ2v) is 12.4. The van der Waals surface area contributed by atoms with Gasteiger partial charge in [-0.1, -0.05) is 25.4 Å². The number of carbonyl (C=O) groups excluding carboxylic acids is 5. The van der Waals surface area contributed by atoms with Gasteiger partial charge in [-0.3, -0.25) is 29.0 Å². The Morgan fingerprint density at radius 2 is 1.77 bits per heavy atom. The number of thiophene rings is 1. The van der Waals surface area contributed by atoms with E-state index in [9.17, 15) is 24.0 Å². The number of cyclic esters (lactones) is 1. The van der Waals surface area contributed by atoms with E-state index in [1.165, 1.54) is 4.90 Å². The van der Waals surface area contributed by atoms with Gasteiger partial charge in [0.05, 0.1) is 35.0 Å². The van der Waals surface area contributed by atoms with Gasteiger partial charge >= 0.3 is 6.09 Å². The summed E-state index contributed by atoms with van der Waals surface area (Å²) >= 11 is 7.09. The number of amides is 5. The van der Waals surface area contributed by atoms with E-state index in [4.69, 9.17) is 26.8 Å². The van der Waals surface area contributed by atoms with Crippen LogP contribution in [0.4, 0.5) is 16.2 Å². The number of nitrogens with two attached hydrogens (primary N) is 1. The summed E-state index contributed by atoms with van der Waals surface area (Å²) in [6.45, 7) is 4.99. The summed E-state index contributed by atoms with van der Waals surface area (Å²) < 4.78 is 11.1. The molecule has 0 unspecified atom stereocenters. The first-order chi connectivity index (χ1) is 20.5. The molecule has 2 saturated heterocycles. The second-order valence-electron chi connectivity index (χ2n) is 10.7. The fourth-order valence-electron chi connectivity index (χ4n) is 4.66. The van der Waals surface area contributed by atoms with Crippen LogP contribution in [0.3, 0.4) is 0 Å². The van der Waals surface area contributed by atoms with E-state index >= 15 is 0 Å². The molecular weight excluding hydrogens is 633 g/mol. The van der Waals surface area contributed by atoms with Crippen LogP contribution in [0.5, 0.6) is 0 Å². The lowest BCUT2D eigenvalue weighted by molar-refractivity contribution is -0.129. The molecule has 1 aromatic carbocycles. The first-order valence-corrected chi connectivity index (χ1v) is 15.3. The van der Waals surface area contributed by atoms with E-state index in [1.54, 1.807) is 41.3 Å². The fourth-order valence-corrected chi connectivity index (χ4v) is 5.66. The van der Waals surface area contributed by atoms with E-state index in [0.717, 1.165) is 16.2 Å². The molecule has 3 heterocycles. The summed E-state index contributed by atoms with van der Waals surface area (Å²) in [4.78, 5) is 68.0. The summed E-state index contributed by atoms with van der Waals surface area (Å²) in [6.07, 6.45) is -0.349. The molecule has 0 saturated carbocycles. The van der Waals surface area contributed by atoms with Crippen LogP contribution < -0.4 is 20.9 Å². The van der Waals surface area contributed by atoms with Gasteiger partial charge < -0.3 is 25.4 Å². The highest BCUT2D eigenvalue weighted by Gasteiger charge is 2.36. The number of rotatable bonds is 12. The van der Waals surface area contributed by atoms with Crippen molar-refractivity contribution in [2.24, 2.45) is 11.7 Å². The molecule has 1 aromatic heterocycles. The Hall–Kier alpha value is -3.23. The van der Waals surface area contributed by atoms with Gasteiger partial charge in [0.1, 0.15) is 12.7 Å². The van der Waals surface area contributed by atoms with Crippen molar-refractivity contribution < 1.29 is 33.4 Å². The summed E-state index contributed by atoms with van der Waals surface area (Å²) in [5.74, 6) is -1.32. The van der Waals surface area contributed by atoms with Crippen molar-refractivity contribution in [3.63, 3.8) is 0 Å². The smallest absolute Gasteiger partial charge is 0.414 e. The van der Waals surface area contributed by atoms with Crippen molar-refractivity contribution >= 4 is 76.4 Å². The molecule has 240 valence electrons. The number of anilines is 2. The maximum absolute atomic E-state index is 13.3. The minimum atomic E-state index is -0.756. The number of morpholine rings is 1. The number of carbonyl (C=O) groups is 5. The minimum absolute atomic E-state index is 0. The molecule has 0 aliphatic carbocycles. The molecule has 44 heavy (non-hydrogen) atoms. The normalized spacial score (nSPS) is 17.2. The number of nitrogens with one attached hydrogen (secondary N) is 1. The summed E-state index contributed by atoms with van der Waals surface area (Å²) in [5.41, 5.74) is 7.11. The van der Waals surface area contributed by atoms with E-state index < -0.39 is 30.1 Å². The molecule has 4 rings (SSSR count). The number of halogens is 2. The molecular formula is C29H37Cl2N5O7S. The first kappa shape index (κ1) is 35.3. The molecule has 2 fully saturated rings. The van der Waals surface area contributed by atoms with Gasteiger partial charge in [0.2, 0.25) is 11.8 Å². The Morgan fingerprint density at radius 3 is 2.39 bits per heavy atom. The number of hydrogen-bond acceptors (Lipinski definition) is 9. The highest BCUT2D eigenvalue weighted by molar-refractivity contribution is 7.18. The van der Waals surface area contributed by atoms with Gasteiger partial charge in [0.25, 0.3) is 11.8 Å².